The molecule has 100 valence electrons. The first kappa shape index (κ1) is 14.3. The van der Waals surface area contributed by atoms with Crippen LogP contribution in [0.1, 0.15) is 22.3 Å². The molecule has 0 saturated heterocycles. The Bertz CT molecular complexity index is 546. The normalized spacial score (nSPS) is 12.4. The largest absolute Gasteiger partial charge is 0.392 e. The predicted molar refractivity (Wildman–Crippen MR) is 83.5 cm³/mol. The number of aliphatic hydroxyl groups excluding tert-OH is 1. The van der Waals surface area contributed by atoms with Crippen molar-refractivity contribution in [2.45, 2.75) is 32.8 Å². The van der Waals surface area contributed by atoms with Crippen molar-refractivity contribution in [1.82, 2.24) is 0 Å². The van der Waals surface area contributed by atoms with Crippen molar-refractivity contribution in [2.75, 3.05) is 0 Å². The molecule has 1 nitrogen and oxygen atoms in total. The summed E-state index contributed by atoms with van der Waals surface area (Å²) >= 11 is 3.42. The van der Waals surface area contributed by atoms with Crippen LogP contribution in [0.15, 0.2) is 46.9 Å². The van der Waals surface area contributed by atoms with Gasteiger partial charge in [-0.1, -0.05) is 46.3 Å². The van der Waals surface area contributed by atoms with E-state index in [1.807, 2.05) is 24.3 Å². The molecule has 0 aliphatic carbocycles. The van der Waals surface area contributed by atoms with Gasteiger partial charge in [0.05, 0.1) is 6.10 Å². The number of rotatable bonds is 4. The first-order chi connectivity index (χ1) is 9.04. The highest BCUT2D eigenvalue weighted by atomic mass is 79.9. The van der Waals surface area contributed by atoms with Crippen LogP contribution in [0.2, 0.25) is 0 Å². The molecule has 1 unspecified atom stereocenters. The molecule has 1 N–H and O–H groups in total. The van der Waals surface area contributed by atoms with Gasteiger partial charge in [-0.2, -0.15) is 0 Å². The molecule has 0 aromatic heterocycles. The highest BCUT2D eigenvalue weighted by molar-refractivity contribution is 9.10. The molecule has 0 bridgehead atoms. The van der Waals surface area contributed by atoms with Crippen LogP contribution in [-0.4, -0.2) is 11.2 Å². The highest BCUT2D eigenvalue weighted by Gasteiger charge is 2.07. The van der Waals surface area contributed by atoms with Gasteiger partial charge in [0.25, 0.3) is 0 Å². The summed E-state index contributed by atoms with van der Waals surface area (Å²) in [4.78, 5) is 0. The quantitative estimate of drug-likeness (QED) is 0.895. The number of hydrogen-bond acceptors (Lipinski definition) is 1. The summed E-state index contributed by atoms with van der Waals surface area (Å²) in [6.45, 7) is 4.22. The second-order valence-corrected chi connectivity index (χ2v) is 6.02. The average Bonchev–Trinajstić information content (AvgIpc) is 2.37. The SMILES string of the molecule is Cc1ccc(CC(O)Cc2ccc(Br)cc2)cc1C. The number of aryl methyl sites for hydroxylation is 2. The van der Waals surface area contributed by atoms with E-state index in [-0.39, 0.29) is 6.10 Å². The van der Waals surface area contributed by atoms with E-state index in [0.29, 0.717) is 12.8 Å². The van der Waals surface area contributed by atoms with Gasteiger partial charge in [-0.25, -0.2) is 0 Å². The first-order valence-electron chi connectivity index (χ1n) is 6.53. The summed E-state index contributed by atoms with van der Waals surface area (Å²) in [5, 5.41) is 10.2. The fourth-order valence-electron chi connectivity index (χ4n) is 2.17. The monoisotopic (exact) mass is 318 g/mol. The van der Waals surface area contributed by atoms with E-state index < -0.39 is 0 Å². The minimum Gasteiger partial charge on any atom is -0.392 e. The van der Waals surface area contributed by atoms with E-state index in [0.717, 1.165) is 4.47 Å². The van der Waals surface area contributed by atoms with Gasteiger partial charge in [-0.15, -0.1) is 0 Å². The maximum atomic E-state index is 10.2. The lowest BCUT2D eigenvalue weighted by molar-refractivity contribution is 0.175. The van der Waals surface area contributed by atoms with Gasteiger partial charge in [0, 0.05) is 4.47 Å². The van der Waals surface area contributed by atoms with Gasteiger partial charge >= 0.3 is 0 Å². The van der Waals surface area contributed by atoms with E-state index in [1.165, 1.54) is 22.3 Å². The number of aliphatic hydroxyl groups is 1. The Labute approximate surface area is 123 Å². The maximum Gasteiger partial charge on any atom is 0.0620 e. The third kappa shape index (κ3) is 4.19. The van der Waals surface area contributed by atoms with Crippen molar-refractivity contribution in [1.29, 1.82) is 0 Å². The van der Waals surface area contributed by atoms with E-state index in [9.17, 15) is 5.11 Å². The van der Waals surface area contributed by atoms with E-state index in [4.69, 9.17) is 0 Å². The molecule has 0 aliphatic heterocycles. The van der Waals surface area contributed by atoms with Crippen LogP contribution in [0.3, 0.4) is 0 Å². The van der Waals surface area contributed by atoms with Crippen LogP contribution in [0.4, 0.5) is 0 Å². The summed E-state index contributed by atoms with van der Waals surface area (Å²) in [5.74, 6) is 0. The van der Waals surface area contributed by atoms with E-state index in [2.05, 4.69) is 48.0 Å². The molecule has 2 heteroatoms. The lowest BCUT2D eigenvalue weighted by atomic mass is 9.98. The molecule has 2 rings (SSSR count). The van der Waals surface area contributed by atoms with Gasteiger partial charge in [0.2, 0.25) is 0 Å². The zero-order chi connectivity index (χ0) is 13.8. The standard InChI is InChI=1S/C17H19BrO/c1-12-3-4-15(9-13(12)2)11-17(19)10-14-5-7-16(18)8-6-14/h3-9,17,19H,10-11H2,1-2H3. The molecule has 1 atom stereocenters. The van der Waals surface area contributed by atoms with Crippen molar-refractivity contribution in [3.8, 4) is 0 Å². The van der Waals surface area contributed by atoms with Crippen LogP contribution in [0.25, 0.3) is 0 Å². The minimum absolute atomic E-state index is 0.330. The molecule has 0 heterocycles. The second-order valence-electron chi connectivity index (χ2n) is 5.11. The average molecular weight is 319 g/mol. The Balaban J connectivity index is 1.98. The Morgan fingerprint density at radius 2 is 1.47 bits per heavy atom. The van der Waals surface area contributed by atoms with E-state index >= 15 is 0 Å². The fraction of sp³-hybridized carbons (Fsp3) is 0.294. The second kappa shape index (κ2) is 6.36. The summed E-state index contributed by atoms with van der Waals surface area (Å²) in [6.07, 6.45) is 1.07. The zero-order valence-electron chi connectivity index (χ0n) is 11.4. The molecular weight excluding hydrogens is 300 g/mol. The maximum absolute atomic E-state index is 10.2. The fourth-order valence-corrected chi connectivity index (χ4v) is 2.43. The van der Waals surface area contributed by atoms with Gasteiger partial charge < -0.3 is 5.11 Å². The van der Waals surface area contributed by atoms with Crippen LogP contribution in [0.5, 0.6) is 0 Å². The van der Waals surface area contributed by atoms with Gasteiger partial charge in [-0.3, -0.25) is 0 Å². The van der Waals surface area contributed by atoms with Gasteiger partial charge in [0.1, 0.15) is 0 Å². The van der Waals surface area contributed by atoms with E-state index in [1.54, 1.807) is 0 Å². The van der Waals surface area contributed by atoms with Crippen LogP contribution in [0, 0.1) is 13.8 Å². The molecule has 0 amide bonds. The zero-order valence-corrected chi connectivity index (χ0v) is 12.9. The van der Waals surface area contributed by atoms with Crippen molar-refractivity contribution in [3.63, 3.8) is 0 Å². The molecule has 0 spiro atoms. The van der Waals surface area contributed by atoms with Crippen molar-refractivity contribution in [2.24, 2.45) is 0 Å². The summed E-state index contributed by atoms with van der Waals surface area (Å²) < 4.78 is 1.07. The van der Waals surface area contributed by atoms with Crippen molar-refractivity contribution < 1.29 is 5.11 Å². The summed E-state index contributed by atoms with van der Waals surface area (Å²) in [7, 11) is 0. The van der Waals surface area contributed by atoms with Crippen molar-refractivity contribution >= 4 is 15.9 Å². The minimum atomic E-state index is -0.330. The van der Waals surface area contributed by atoms with Crippen LogP contribution >= 0.6 is 15.9 Å². The molecule has 0 saturated carbocycles. The van der Waals surface area contributed by atoms with Crippen molar-refractivity contribution in [3.05, 3.63) is 69.2 Å². The molecule has 2 aromatic rings. The van der Waals surface area contributed by atoms with Crippen LogP contribution in [-0.2, 0) is 12.8 Å². The molecule has 0 aliphatic rings. The molecule has 19 heavy (non-hydrogen) atoms. The Morgan fingerprint density at radius 3 is 2.11 bits per heavy atom. The topological polar surface area (TPSA) is 20.2 Å². The third-order valence-electron chi connectivity index (χ3n) is 3.43. The Kier molecular flexibility index (Phi) is 4.78. The number of benzene rings is 2. The lowest BCUT2D eigenvalue weighted by Crippen LogP contribution is -2.14. The Hall–Kier alpha value is -1.12. The lowest BCUT2D eigenvalue weighted by Gasteiger charge is -2.12. The van der Waals surface area contributed by atoms with Gasteiger partial charge in [0.15, 0.2) is 0 Å². The summed E-state index contributed by atoms with van der Waals surface area (Å²) in [6, 6.07) is 14.5. The van der Waals surface area contributed by atoms with Crippen LogP contribution < -0.4 is 0 Å². The molecule has 0 radical (unpaired) electrons. The molecule has 0 fully saturated rings. The Morgan fingerprint density at radius 1 is 0.895 bits per heavy atom. The number of halogens is 1. The smallest absolute Gasteiger partial charge is 0.0620 e. The summed E-state index contributed by atoms with van der Waals surface area (Å²) in [5.41, 5.74) is 4.95. The molecule has 2 aromatic carbocycles. The third-order valence-corrected chi connectivity index (χ3v) is 3.96. The number of hydrogen-bond donors (Lipinski definition) is 1. The first-order valence-corrected chi connectivity index (χ1v) is 7.32. The molecular formula is C17H19BrO. The van der Waals surface area contributed by atoms with Gasteiger partial charge in [-0.05, 0) is 61.1 Å². The predicted octanol–water partition coefficient (Wildman–Crippen LogP) is 4.21. The highest BCUT2D eigenvalue weighted by Crippen LogP contribution is 2.15.